The van der Waals surface area contributed by atoms with Crippen LogP contribution in [0.5, 0.6) is 0 Å². The second-order valence-corrected chi connectivity index (χ2v) is 4.18. The van der Waals surface area contributed by atoms with Crippen LogP contribution < -0.4 is 5.32 Å². The summed E-state index contributed by atoms with van der Waals surface area (Å²) in [4.78, 5) is 2.46. The molecule has 2 heterocycles. The zero-order valence-electron chi connectivity index (χ0n) is 8.21. The average Bonchev–Trinajstić information content (AvgIpc) is 2.67. The molecule has 2 rings (SSSR count). The van der Waals surface area contributed by atoms with Crippen LogP contribution in [-0.4, -0.2) is 41.9 Å². The number of aliphatic hydroxyl groups excluding tert-OH is 1. The molecule has 0 aromatic heterocycles. The molecule has 76 valence electrons. The molecule has 13 heavy (non-hydrogen) atoms. The van der Waals surface area contributed by atoms with Crippen LogP contribution in [-0.2, 0) is 0 Å². The van der Waals surface area contributed by atoms with E-state index in [1.807, 2.05) is 0 Å². The van der Waals surface area contributed by atoms with Crippen molar-refractivity contribution >= 4 is 0 Å². The lowest BCUT2D eigenvalue weighted by atomic mass is 10.1. The highest BCUT2D eigenvalue weighted by molar-refractivity contribution is 4.84. The molecule has 0 aliphatic carbocycles. The van der Waals surface area contributed by atoms with Gasteiger partial charge >= 0.3 is 0 Å². The van der Waals surface area contributed by atoms with Gasteiger partial charge in [-0.15, -0.1) is 0 Å². The van der Waals surface area contributed by atoms with Crippen molar-refractivity contribution in [3.63, 3.8) is 0 Å². The molecule has 2 aliphatic rings. The first kappa shape index (κ1) is 9.44. The monoisotopic (exact) mass is 184 g/mol. The third-order valence-corrected chi connectivity index (χ3v) is 3.32. The van der Waals surface area contributed by atoms with Gasteiger partial charge in [0.2, 0.25) is 0 Å². The summed E-state index contributed by atoms with van der Waals surface area (Å²) in [5, 5.41) is 12.7. The summed E-state index contributed by atoms with van der Waals surface area (Å²) in [5.74, 6) is 0. The standard InChI is InChI=1S/C10H20N2O/c13-8-9-4-3-7-12(9)10-5-1-2-6-11-10/h9-11,13H,1-8H2/t9-,10?/m0/s1. The van der Waals surface area contributed by atoms with E-state index in [0.717, 1.165) is 6.54 Å². The van der Waals surface area contributed by atoms with Crippen molar-refractivity contribution in [2.45, 2.75) is 44.3 Å². The van der Waals surface area contributed by atoms with Gasteiger partial charge in [-0.2, -0.15) is 0 Å². The summed E-state index contributed by atoms with van der Waals surface area (Å²) < 4.78 is 0. The lowest BCUT2D eigenvalue weighted by molar-refractivity contribution is 0.0859. The molecule has 2 fully saturated rings. The zero-order chi connectivity index (χ0) is 9.10. The van der Waals surface area contributed by atoms with E-state index < -0.39 is 0 Å². The highest BCUT2D eigenvalue weighted by atomic mass is 16.3. The van der Waals surface area contributed by atoms with Gasteiger partial charge in [0.1, 0.15) is 0 Å². The second-order valence-electron chi connectivity index (χ2n) is 4.18. The SMILES string of the molecule is OC[C@@H]1CCCN1C1CCCCN1. The predicted molar refractivity (Wildman–Crippen MR) is 52.5 cm³/mol. The second kappa shape index (κ2) is 4.40. The lowest BCUT2D eigenvalue weighted by Crippen LogP contribution is -2.51. The summed E-state index contributed by atoms with van der Waals surface area (Å²) in [6.07, 6.45) is 6.89. The number of nitrogens with one attached hydrogen (secondary N) is 1. The molecule has 0 spiro atoms. The molecule has 2 saturated heterocycles. The molecule has 3 heteroatoms. The summed E-state index contributed by atoms with van der Waals surface area (Å²) in [6.45, 7) is 2.65. The van der Waals surface area contributed by atoms with E-state index >= 15 is 0 Å². The average molecular weight is 184 g/mol. The van der Waals surface area contributed by atoms with E-state index in [9.17, 15) is 5.11 Å². The Labute approximate surface area is 80.1 Å². The van der Waals surface area contributed by atoms with Crippen LogP contribution in [0.2, 0.25) is 0 Å². The molecule has 3 nitrogen and oxygen atoms in total. The summed E-state index contributed by atoms with van der Waals surface area (Å²) >= 11 is 0. The molecular formula is C10H20N2O. The Hall–Kier alpha value is -0.120. The Morgan fingerprint density at radius 1 is 1.23 bits per heavy atom. The first-order chi connectivity index (χ1) is 6.42. The van der Waals surface area contributed by atoms with Gasteiger partial charge in [0.05, 0.1) is 12.8 Å². The number of aliphatic hydroxyl groups is 1. The molecule has 2 N–H and O–H groups in total. The largest absolute Gasteiger partial charge is 0.395 e. The molecule has 2 atom stereocenters. The Morgan fingerprint density at radius 3 is 2.85 bits per heavy atom. The topological polar surface area (TPSA) is 35.5 Å². The normalized spacial score (nSPS) is 36.7. The maximum atomic E-state index is 9.20. The van der Waals surface area contributed by atoms with Gasteiger partial charge < -0.3 is 10.4 Å². The molecule has 2 aliphatic heterocycles. The highest BCUT2D eigenvalue weighted by Gasteiger charge is 2.30. The van der Waals surface area contributed by atoms with Crippen molar-refractivity contribution in [1.82, 2.24) is 10.2 Å². The number of rotatable bonds is 2. The van der Waals surface area contributed by atoms with Crippen molar-refractivity contribution in [2.24, 2.45) is 0 Å². The molecule has 0 amide bonds. The molecule has 0 aromatic rings. The first-order valence-corrected chi connectivity index (χ1v) is 5.52. The quantitative estimate of drug-likeness (QED) is 0.657. The first-order valence-electron chi connectivity index (χ1n) is 5.52. The molecule has 0 aromatic carbocycles. The number of likely N-dealkylation sites (tertiary alicyclic amines) is 1. The fraction of sp³-hybridized carbons (Fsp3) is 1.00. The van der Waals surface area contributed by atoms with Crippen LogP contribution in [0.3, 0.4) is 0 Å². The Bertz CT molecular complexity index is 157. The lowest BCUT2D eigenvalue weighted by Gasteiger charge is -2.35. The minimum absolute atomic E-state index is 0.332. The van der Waals surface area contributed by atoms with Gasteiger partial charge in [-0.05, 0) is 38.6 Å². The van der Waals surface area contributed by atoms with Crippen molar-refractivity contribution < 1.29 is 5.11 Å². The fourth-order valence-corrected chi connectivity index (χ4v) is 2.58. The third-order valence-electron chi connectivity index (χ3n) is 3.32. The number of hydrogen-bond donors (Lipinski definition) is 2. The minimum atomic E-state index is 0.332. The van der Waals surface area contributed by atoms with Gasteiger partial charge in [-0.3, -0.25) is 4.90 Å². The maximum absolute atomic E-state index is 9.20. The number of hydrogen-bond acceptors (Lipinski definition) is 3. The maximum Gasteiger partial charge on any atom is 0.0600 e. The molecule has 1 unspecified atom stereocenters. The van der Waals surface area contributed by atoms with E-state index in [1.54, 1.807) is 0 Å². The van der Waals surface area contributed by atoms with Crippen LogP contribution in [0.1, 0.15) is 32.1 Å². The Kier molecular flexibility index (Phi) is 3.19. The third kappa shape index (κ3) is 2.03. The van der Waals surface area contributed by atoms with Crippen molar-refractivity contribution in [2.75, 3.05) is 19.7 Å². The summed E-state index contributed by atoms with van der Waals surface area (Å²) in [5.41, 5.74) is 0. The van der Waals surface area contributed by atoms with Crippen LogP contribution >= 0.6 is 0 Å². The summed E-state index contributed by atoms with van der Waals surface area (Å²) in [6, 6.07) is 0.426. The van der Waals surface area contributed by atoms with Gasteiger partial charge in [-0.25, -0.2) is 0 Å². The Balaban J connectivity index is 1.90. The fourth-order valence-electron chi connectivity index (χ4n) is 2.58. The van der Waals surface area contributed by atoms with E-state index in [2.05, 4.69) is 10.2 Å². The van der Waals surface area contributed by atoms with Crippen LogP contribution in [0.15, 0.2) is 0 Å². The van der Waals surface area contributed by atoms with Crippen molar-refractivity contribution in [1.29, 1.82) is 0 Å². The van der Waals surface area contributed by atoms with Crippen LogP contribution in [0.25, 0.3) is 0 Å². The van der Waals surface area contributed by atoms with E-state index in [0.29, 0.717) is 18.8 Å². The minimum Gasteiger partial charge on any atom is -0.395 e. The number of nitrogens with zero attached hydrogens (tertiary/aromatic N) is 1. The van der Waals surface area contributed by atoms with Crippen molar-refractivity contribution in [3.8, 4) is 0 Å². The van der Waals surface area contributed by atoms with Crippen molar-refractivity contribution in [3.05, 3.63) is 0 Å². The van der Waals surface area contributed by atoms with Crippen LogP contribution in [0.4, 0.5) is 0 Å². The summed E-state index contributed by atoms with van der Waals surface area (Å²) in [7, 11) is 0. The van der Waals surface area contributed by atoms with Crippen LogP contribution in [0, 0.1) is 0 Å². The number of piperidine rings is 1. The van der Waals surface area contributed by atoms with E-state index in [4.69, 9.17) is 0 Å². The molecule has 0 radical (unpaired) electrons. The van der Waals surface area contributed by atoms with E-state index in [-0.39, 0.29) is 0 Å². The smallest absolute Gasteiger partial charge is 0.0600 e. The molecular weight excluding hydrogens is 164 g/mol. The van der Waals surface area contributed by atoms with Gasteiger partial charge in [-0.1, -0.05) is 0 Å². The van der Waals surface area contributed by atoms with Gasteiger partial charge in [0.15, 0.2) is 0 Å². The molecule has 0 bridgehead atoms. The predicted octanol–water partition coefficient (Wildman–Crippen LogP) is 0.543. The van der Waals surface area contributed by atoms with Gasteiger partial charge in [0.25, 0.3) is 0 Å². The highest BCUT2D eigenvalue weighted by Crippen LogP contribution is 2.22. The Morgan fingerprint density at radius 2 is 2.15 bits per heavy atom. The zero-order valence-corrected chi connectivity index (χ0v) is 8.21. The van der Waals surface area contributed by atoms with Gasteiger partial charge in [0, 0.05) is 12.6 Å². The molecule has 0 saturated carbocycles. The van der Waals surface area contributed by atoms with E-state index in [1.165, 1.54) is 38.6 Å².